The summed E-state index contributed by atoms with van der Waals surface area (Å²) in [5.74, 6) is -0.125. The highest BCUT2D eigenvalue weighted by molar-refractivity contribution is 6.01. The third kappa shape index (κ3) is 2.75. The number of rotatable bonds is 4. The second-order valence-electron chi connectivity index (χ2n) is 7.53. The summed E-state index contributed by atoms with van der Waals surface area (Å²) in [5, 5.41) is 0. The Balaban J connectivity index is 1.83. The van der Waals surface area contributed by atoms with Crippen LogP contribution >= 0.6 is 0 Å². The maximum atomic E-state index is 13.4. The van der Waals surface area contributed by atoms with Crippen molar-refractivity contribution in [1.29, 1.82) is 0 Å². The van der Waals surface area contributed by atoms with E-state index in [1.54, 1.807) is 18.5 Å². The van der Waals surface area contributed by atoms with Gasteiger partial charge in [-0.2, -0.15) is 0 Å². The smallest absolute Gasteiger partial charge is 0.318 e. The molecule has 0 aliphatic heterocycles. The van der Waals surface area contributed by atoms with Crippen LogP contribution in [0.1, 0.15) is 34.7 Å². The Morgan fingerprint density at radius 1 is 1.03 bits per heavy atom. The number of ketones is 1. The van der Waals surface area contributed by atoms with Crippen molar-refractivity contribution in [2.45, 2.75) is 26.8 Å². The van der Waals surface area contributed by atoms with Gasteiger partial charge in [0.1, 0.15) is 0 Å². The highest BCUT2D eigenvalue weighted by Gasteiger charge is 2.26. The summed E-state index contributed by atoms with van der Waals surface area (Å²) in [6, 6.07) is 11.0. The van der Waals surface area contributed by atoms with E-state index in [0.717, 1.165) is 21.6 Å². The van der Waals surface area contributed by atoms with Crippen LogP contribution in [0.15, 0.2) is 52.3 Å². The first-order chi connectivity index (χ1) is 14.2. The molecule has 8 nitrogen and oxygen atoms in total. The number of para-hydroxylation sites is 1. The monoisotopic (exact) mass is 405 g/mol. The van der Waals surface area contributed by atoms with Gasteiger partial charge in [-0.3, -0.25) is 18.7 Å². The molecule has 30 heavy (non-hydrogen) atoms. The predicted molar refractivity (Wildman–Crippen MR) is 114 cm³/mol. The number of nitrogens with zero attached hydrogens (tertiary/aromatic N) is 5. The zero-order chi connectivity index (χ0) is 21.7. The van der Waals surface area contributed by atoms with Crippen molar-refractivity contribution in [3.05, 3.63) is 80.5 Å². The molecule has 1 aromatic carbocycles. The van der Waals surface area contributed by atoms with Gasteiger partial charge in [0, 0.05) is 36.7 Å². The predicted octanol–water partition coefficient (Wildman–Crippen LogP) is 2.29. The summed E-state index contributed by atoms with van der Waals surface area (Å²) in [7, 11) is 2.98. The number of Topliss-reactive ketones (excluding diaryl/α,β-unsaturated/α-hetero) is 1. The molecule has 154 valence electrons. The summed E-state index contributed by atoms with van der Waals surface area (Å²) < 4.78 is 5.92. The van der Waals surface area contributed by atoms with Crippen molar-refractivity contribution in [2.24, 2.45) is 14.1 Å². The molecule has 0 N–H and O–H groups in total. The largest absolute Gasteiger partial charge is 0.332 e. The minimum absolute atomic E-state index is 0.125. The van der Waals surface area contributed by atoms with Crippen molar-refractivity contribution in [2.75, 3.05) is 0 Å². The summed E-state index contributed by atoms with van der Waals surface area (Å²) in [6.07, 6.45) is 1.45. The van der Waals surface area contributed by atoms with Gasteiger partial charge in [-0.15, -0.1) is 0 Å². The fraction of sp³-hybridized carbons (Fsp3) is 0.273. The molecule has 0 bridgehead atoms. The first kappa shape index (κ1) is 19.6. The highest BCUT2D eigenvalue weighted by atomic mass is 16.2. The van der Waals surface area contributed by atoms with Crippen LogP contribution in [0.2, 0.25) is 0 Å². The minimum atomic E-state index is -0.662. The van der Waals surface area contributed by atoms with Crippen molar-refractivity contribution < 1.29 is 4.79 Å². The molecule has 0 unspecified atom stereocenters. The van der Waals surface area contributed by atoms with Gasteiger partial charge in [0.05, 0.1) is 12.4 Å². The second-order valence-corrected chi connectivity index (χ2v) is 7.53. The van der Waals surface area contributed by atoms with Crippen LogP contribution in [0.25, 0.3) is 16.9 Å². The lowest BCUT2D eigenvalue weighted by Crippen LogP contribution is -2.38. The molecule has 0 radical (unpaired) electrons. The molecule has 3 heterocycles. The van der Waals surface area contributed by atoms with E-state index in [-0.39, 0.29) is 16.9 Å². The van der Waals surface area contributed by atoms with Gasteiger partial charge in [-0.1, -0.05) is 18.2 Å². The van der Waals surface area contributed by atoms with Crippen LogP contribution in [0.5, 0.6) is 0 Å². The van der Waals surface area contributed by atoms with Gasteiger partial charge in [-0.25, -0.2) is 9.78 Å². The van der Waals surface area contributed by atoms with Gasteiger partial charge in [0.15, 0.2) is 16.9 Å². The third-order valence-electron chi connectivity index (χ3n) is 5.68. The SMILES string of the molecule is Cc1cc(C(=O)[C@@H](C)n2cnc3c2c(=O)n(C)c(=O)n3C)c(C)n1-c1ccccc1. The van der Waals surface area contributed by atoms with E-state index in [0.29, 0.717) is 5.56 Å². The maximum Gasteiger partial charge on any atom is 0.332 e. The van der Waals surface area contributed by atoms with E-state index in [1.165, 1.54) is 17.9 Å². The van der Waals surface area contributed by atoms with Crippen molar-refractivity contribution >= 4 is 16.9 Å². The van der Waals surface area contributed by atoms with Gasteiger partial charge in [0.2, 0.25) is 0 Å². The average molecular weight is 405 g/mol. The average Bonchev–Trinajstić information content (AvgIpc) is 3.31. The Hall–Kier alpha value is -3.68. The van der Waals surface area contributed by atoms with E-state index >= 15 is 0 Å². The molecule has 1 atom stereocenters. The molecule has 0 spiro atoms. The van der Waals surface area contributed by atoms with E-state index < -0.39 is 17.3 Å². The third-order valence-corrected chi connectivity index (χ3v) is 5.68. The fourth-order valence-electron chi connectivity index (χ4n) is 4.00. The summed E-state index contributed by atoms with van der Waals surface area (Å²) in [6.45, 7) is 5.61. The number of hydrogen-bond acceptors (Lipinski definition) is 4. The molecule has 0 saturated heterocycles. The standard InChI is InChI=1S/C22H23N5O3/c1-13-11-17(14(2)27(13)16-9-7-6-8-10-16)19(28)15(3)26-12-23-20-18(26)21(29)25(5)22(30)24(20)4/h6-12,15H,1-5H3/t15-/m1/s1. The highest BCUT2D eigenvalue weighted by Crippen LogP contribution is 2.25. The van der Waals surface area contributed by atoms with Crippen molar-refractivity contribution in [3.8, 4) is 5.69 Å². The quantitative estimate of drug-likeness (QED) is 0.488. The van der Waals surface area contributed by atoms with Crippen molar-refractivity contribution in [1.82, 2.24) is 23.3 Å². The molecule has 4 aromatic rings. The fourth-order valence-corrected chi connectivity index (χ4v) is 4.00. The van der Waals surface area contributed by atoms with Gasteiger partial charge >= 0.3 is 5.69 Å². The van der Waals surface area contributed by atoms with E-state index in [2.05, 4.69) is 4.98 Å². The molecule has 0 amide bonds. The van der Waals surface area contributed by atoms with Crippen LogP contribution < -0.4 is 11.2 Å². The van der Waals surface area contributed by atoms with E-state index in [9.17, 15) is 14.4 Å². The number of benzene rings is 1. The summed E-state index contributed by atoms with van der Waals surface area (Å²) in [5.41, 5.74) is 2.92. The number of aromatic nitrogens is 5. The van der Waals surface area contributed by atoms with Gasteiger partial charge in [-0.05, 0) is 39.0 Å². The van der Waals surface area contributed by atoms with Crippen LogP contribution in [0, 0.1) is 13.8 Å². The Morgan fingerprint density at radius 3 is 2.37 bits per heavy atom. The molecule has 0 aliphatic carbocycles. The second kappa shape index (κ2) is 6.98. The zero-order valence-corrected chi connectivity index (χ0v) is 17.6. The molecule has 0 aliphatic rings. The normalized spacial score (nSPS) is 12.4. The molecular formula is C22H23N5O3. The topological polar surface area (TPSA) is 83.8 Å². The number of aryl methyl sites for hydroxylation is 2. The maximum absolute atomic E-state index is 13.4. The summed E-state index contributed by atoms with van der Waals surface area (Å²) in [4.78, 5) is 42.5. The van der Waals surface area contributed by atoms with Crippen molar-refractivity contribution in [3.63, 3.8) is 0 Å². The van der Waals surface area contributed by atoms with Crippen LogP contribution in [-0.4, -0.2) is 29.0 Å². The minimum Gasteiger partial charge on any atom is -0.318 e. The Bertz CT molecular complexity index is 1400. The zero-order valence-electron chi connectivity index (χ0n) is 17.6. The Kier molecular flexibility index (Phi) is 4.57. The lowest BCUT2D eigenvalue weighted by molar-refractivity contribution is 0.0936. The Labute approximate surface area is 172 Å². The molecule has 0 fully saturated rings. The first-order valence-electron chi connectivity index (χ1n) is 9.65. The Morgan fingerprint density at radius 2 is 1.70 bits per heavy atom. The van der Waals surface area contributed by atoms with Crippen LogP contribution in [0.3, 0.4) is 0 Å². The molecule has 4 rings (SSSR count). The number of imidazole rings is 1. The van der Waals surface area contributed by atoms with E-state index in [4.69, 9.17) is 0 Å². The lowest BCUT2D eigenvalue weighted by Gasteiger charge is -2.14. The summed E-state index contributed by atoms with van der Waals surface area (Å²) >= 11 is 0. The lowest BCUT2D eigenvalue weighted by atomic mass is 10.1. The number of hydrogen-bond donors (Lipinski definition) is 0. The first-order valence-corrected chi connectivity index (χ1v) is 9.65. The van der Waals surface area contributed by atoms with Gasteiger partial charge in [0.25, 0.3) is 5.56 Å². The number of carbonyl (C=O) groups is 1. The molecule has 8 heteroatoms. The van der Waals surface area contributed by atoms with E-state index in [1.807, 2.05) is 54.8 Å². The molecular weight excluding hydrogens is 382 g/mol. The number of carbonyl (C=O) groups excluding carboxylic acids is 1. The van der Waals surface area contributed by atoms with Gasteiger partial charge < -0.3 is 9.13 Å². The van der Waals surface area contributed by atoms with Crippen LogP contribution in [0.4, 0.5) is 0 Å². The number of fused-ring (bicyclic) bond motifs is 1. The molecule has 3 aromatic heterocycles. The van der Waals surface area contributed by atoms with Crippen LogP contribution in [-0.2, 0) is 14.1 Å². The molecule has 0 saturated carbocycles.